The van der Waals surface area contributed by atoms with Crippen molar-refractivity contribution in [2.75, 3.05) is 18.4 Å². The normalized spacial score (nSPS) is 29.7. The van der Waals surface area contributed by atoms with Gasteiger partial charge in [0.1, 0.15) is 11.9 Å². The van der Waals surface area contributed by atoms with Crippen LogP contribution in [0.2, 0.25) is 0 Å². The maximum atomic E-state index is 13.6. The average molecular weight is 366 g/mol. The minimum atomic E-state index is -2.43. The van der Waals surface area contributed by atoms with Crippen LogP contribution in [0.4, 0.5) is 14.6 Å². The van der Waals surface area contributed by atoms with E-state index in [4.69, 9.17) is 0 Å². The highest BCUT2D eigenvalue weighted by Gasteiger charge is 2.39. The first-order valence-corrected chi connectivity index (χ1v) is 9.92. The van der Waals surface area contributed by atoms with Gasteiger partial charge >= 0.3 is 0 Å². The Balaban J connectivity index is 1.47. The van der Waals surface area contributed by atoms with Crippen molar-refractivity contribution in [2.45, 2.75) is 70.4 Å². The molecule has 5 nitrogen and oxygen atoms in total. The number of alkyl halides is 2. The maximum absolute atomic E-state index is 13.6. The molecule has 4 rings (SSSR count). The molecule has 2 aliphatic heterocycles. The second-order valence-electron chi connectivity index (χ2n) is 8.17. The van der Waals surface area contributed by atoms with Crippen molar-refractivity contribution < 1.29 is 13.6 Å². The van der Waals surface area contributed by atoms with Gasteiger partial charge in [-0.05, 0) is 44.9 Å². The molecular formula is C19H28F2N4O. The third kappa shape index (κ3) is 3.32. The van der Waals surface area contributed by atoms with Crippen molar-refractivity contribution in [3.8, 4) is 0 Å². The Labute approximate surface area is 153 Å². The molecule has 2 fully saturated rings. The topological polar surface area (TPSA) is 50.2 Å². The molecule has 1 aliphatic carbocycles. The van der Waals surface area contributed by atoms with E-state index in [1.165, 1.54) is 4.68 Å². The monoisotopic (exact) mass is 366 g/mol. The largest absolute Gasteiger partial charge is 0.367 e. The van der Waals surface area contributed by atoms with Gasteiger partial charge in [-0.2, -0.15) is 5.10 Å². The first kappa shape index (κ1) is 17.7. The van der Waals surface area contributed by atoms with Gasteiger partial charge in [0.15, 0.2) is 0 Å². The van der Waals surface area contributed by atoms with Crippen LogP contribution in [-0.4, -0.2) is 46.1 Å². The van der Waals surface area contributed by atoms with Gasteiger partial charge in [-0.3, -0.25) is 4.79 Å². The van der Waals surface area contributed by atoms with Crippen LogP contribution in [0.15, 0.2) is 6.07 Å². The van der Waals surface area contributed by atoms with Gasteiger partial charge in [0.2, 0.25) is 5.91 Å². The summed E-state index contributed by atoms with van der Waals surface area (Å²) in [7, 11) is 0. The molecule has 1 N–H and O–H groups in total. The smallest absolute Gasteiger partial charge is 0.260 e. The van der Waals surface area contributed by atoms with E-state index in [0.29, 0.717) is 18.8 Å². The van der Waals surface area contributed by atoms with Crippen molar-refractivity contribution in [3.05, 3.63) is 11.8 Å². The van der Waals surface area contributed by atoms with Gasteiger partial charge < -0.3 is 10.2 Å². The molecule has 3 aliphatic rings. The van der Waals surface area contributed by atoms with Gasteiger partial charge in [0.05, 0.1) is 5.69 Å². The third-order valence-electron chi connectivity index (χ3n) is 6.33. The van der Waals surface area contributed by atoms with Crippen molar-refractivity contribution in [3.63, 3.8) is 0 Å². The number of nitrogens with one attached hydrogen (secondary N) is 1. The van der Waals surface area contributed by atoms with E-state index >= 15 is 0 Å². The van der Waals surface area contributed by atoms with E-state index in [9.17, 15) is 13.6 Å². The number of aromatic nitrogens is 2. The molecule has 0 bridgehead atoms. The fourth-order valence-electron chi connectivity index (χ4n) is 4.98. The molecule has 0 aromatic carbocycles. The molecule has 1 amide bonds. The highest BCUT2D eigenvalue weighted by molar-refractivity contribution is 5.79. The summed E-state index contributed by atoms with van der Waals surface area (Å²) in [4.78, 5) is 14.8. The van der Waals surface area contributed by atoms with Crippen molar-refractivity contribution in [1.29, 1.82) is 0 Å². The summed E-state index contributed by atoms with van der Waals surface area (Å²) in [6.07, 6.45) is 4.18. The minimum absolute atomic E-state index is 0.0308. The average Bonchev–Trinajstić information content (AvgIpc) is 3.28. The van der Waals surface area contributed by atoms with Crippen LogP contribution in [0.5, 0.6) is 0 Å². The first-order valence-electron chi connectivity index (χ1n) is 9.92. The summed E-state index contributed by atoms with van der Waals surface area (Å²) >= 11 is 0. The quantitative estimate of drug-likeness (QED) is 0.889. The predicted molar refractivity (Wildman–Crippen MR) is 95.3 cm³/mol. The zero-order valence-corrected chi connectivity index (χ0v) is 15.3. The van der Waals surface area contributed by atoms with Crippen LogP contribution >= 0.6 is 0 Å². The number of halogens is 2. The molecule has 0 spiro atoms. The van der Waals surface area contributed by atoms with E-state index in [-0.39, 0.29) is 23.8 Å². The summed E-state index contributed by atoms with van der Waals surface area (Å²) in [5, 5.41) is 7.67. The van der Waals surface area contributed by atoms with E-state index in [0.717, 1.165) is 50.8 Å². The molecule has 1 aromatic rings. The fourth-order valence-corrected chi connectivity index (χ4v) is 4.98. The SMILES string of the molecule is Cc1cc2n(n1)[C@@H](C(F)F)C[C@@H]([C@@H]1CCCN(C(=O)C3CCCC3)C1)N2. The number of anilines is 1. The third-order valence-corrected chi connectivity index (χ3v) is 6.33. The fraction of sp³-hybridized carbons (Fsp3) is 0.789. The summed E-state index contributed by atoms with van der Waals surface area (Å²) in [5.41, 5.74) is 0.750. The number of hydrogen-bond donors (Lipinski definition) is 1. The van der Waals surface area contributed by atoms with Crippen LogP contribution in [0, 0.1) is 18.8 Å². The maximum Gasteiger partial charge on any atom is 0.260 e. The van der Waals surface area contributed by atoms with Crippen LogP contribution in [0.3, 0.4) is 0 Å². The van der Waals surface area contributed by atoms with Gasteiger partial charge in [-0.15, -0.1) is 0 Å². The number of amides is 1. The van der Waals surface area contributed by atoms with Crippen LogP contribution in [-0.2, 0) is 4.79 Å². The Morgan fingerprint density at radius 3 is 2.77 bits per heavy atom. The van der Waals surface area contributed by atoms with Crippen LogP contribution in [0.1, 0.15) is 56.7 Å². The Hall–Kier alpha value is -1.66. The number of rotatable bonds is 3. The molecule has 7 heteroatoms. The van der Waals surface area contributed by atoms with Crippen molar-refractivity contribution in [2.24, 2.45) is 11.8 Å². The van der Waals surface area contributed by atoms with E-state index in [1.54, 1.807) is 0 Å². The Morgan fingerprint density at radius 2 is 2.04 bits per heavy atom. The molecule has 0 unspecified atom stereocenters. The zero-order chi connectivity index (χ0) is 18.3. The number of aryl methyl sites for hydroxylation is 1. The van der Waals surface area contributed by atoms with Gasteiger partial charge in [0.25, 0.3) is 6.43 Å². The van der Waals surface area contributed by atoms with Gasteiger partial charge in [-0.1, -0.05) is 12.8 Å². The molecule has 3 atom stereocenters. The number of nitrogens with zero attached hydrogens (tertiary/aromatic N) is 3. The summed E-state index contributed by atoms with van der Waals surface area (Å²) in [6, 6.07) is 0.925. The Bertz CT molecular complexity index is 656. The summed E-state index contributed by atoms with van der Waals surface area (Å²) in [6.45, 7) is 3.33. The highest BCUT2D eigenvalue weighted by Crippen LogP contribution is 2.37. The van der Waals surface area contributed by atoms with E-state index < -0.39 is 12.5 Å². The van der Waals surface area contributed by atoms with E-state index in [2.05, 4.69) is 10.4 Å². The minimum Gasteiger partial charge on any atom is -0.367 e. The Morgan fingerprint density at radius 1 is 1.27 bits per heavy atom. The van der Waals surface area contributed by atoms with Crippen LogP contribution < -0.4 is 5.32 Å². The lowest BCUT2D eigenvalue weighted by molar-refractivity contribution is -0.137. The number of hydrogen-bond acceptors (Lipinski definition) is 3. The Kier molecular flexibility index (Phi) is 4.88. The molecule has 1 saturated carbocycles. The van der Waals surface area contributed by atoms with Crippen molar-refractivity contribution in [1.82, 2.24) is 14.7 Å². The lowest BCUT2D eigenvalue weighted by Crippen LogP contribution is -2.49. The number of fused-ring (bicyclic) bond motifs is 1. The van der Waals surface area contributed by atoms with Crippen molar-refractivity contribution >= 4 is 11.7 Å². The molecule has 1 aromatic heterocycles. The molecular weight excluding hydrogens is 338 g/mol. The standard InChI is InChI=1S/C19H28F2N4O/c1-12-9-17-22-15(10-16(18(20)21)25(17)23-12)14-7-4-8-24(11-14)19(26)13-5-2-3-6-13/h9,13-16,18,22H,2-8,10-11H2,1H3/t14-,15+,16-/m1/s1. The van der Waals surface area contributed by atoms with Crippen LogP contribution in [0.25, 0.3) is 0 Å². The molecule has 3 heterocycles. The molecule has 26 heavy (non-hydrogen) atoms. The second kappa shape index (κ2) is 7.16. The molecule has 1 saturated heterocycles. The summed E-state index contributed by atoms with van der Waals surface area (Å²) < 4.78 is 28.7. The highest BCUT2D eigenvalue weighted by atomic mass is 19.3. The molecule has 144 valence electrons. The lowest BCUT2D eigenvalue weighted by Gasteiger charge is -2.41. The summed E-state index contributed by atoms with van der Waals surface area (Å²) in [5.74, 6) is 1.38. The van der Waals surface area contributed by atoms with Gasteiger partial charge in [0, 0.05) is 31.1 Å². The number of carbonyl (C=O) groups excluding carboxylic acids is 1. The number of likely N-dealkylation sites (tertiary alicyclic amines) is 1. The first-order chi connectivity index (χ1) is 12.5. The van der Waals surface area contributed by atoms with Gasteiger partial charge in [-0.25, -0.2) is 13.5 Å². The lowest BCUT2D eigenvalue weighted by atomic mass is 9.85. The number of carbonyl (C=O) groups is 1. The number of piperidine rings is 1. The van der Waals surface area contributed by atoms with E-state index in [1.807, 2.05) is 17.9 Å². The molecule has 0 radical (unpaired) electrons. The second-order valence-corrected chi connectivity index (χ2v) is 8.17. The zero-order valence-electron chi connectivity index (χ0n) is 15.3. The predicted octanol–water partition coefficient (Wildman–Crippen LogP) is 3.61.